The Morgan fingerprint density at radius 2 is 0.941 bits per heavy atom. The normalized spacial score (nSPS) is 17.8. The Morgan fingerprint density at radius 3 is 1.63 bits per heavy atom. The fourth-order valence-corrected chi connectivity index (χ4v) is 8.05. The predicted octanol–water partition coefficient (Wildman–Crippen LogP) is 10.9. The Morgan fingerprint density at radius 1 is 0.392 bits per heavy atom. The summed E-state index contributed by atoms with van der Waals surface area (Å²) in [6.07, 6.45) is -0.210. The zero-order chi connectivity index (χ0) is 33.7. The van der Waals surface area contributed by atoms with Gasteiger partial charge in [-0.15, -0.1) is 0 Å². The summed E-state index contributed by atoms with van der Waals surface area (Å²) in [6, 6.07) is 65.8. The van der Waals surface area contributed by atoms with Crippen LogP contribution in [0.3, 0.4) is 0 Å². The van der Waals surface area contributed by atoms with Crippen LogP contribution in [0.1, 0.15) is 35.2 Å². The van der Waals surface area contributed by atoms with Crippen LogP contribution in [-0.4, -0.2) is 4.57 Å². The van der Waals surface area contributed by atoms with Crippen molar-refractivity contribution in [2.75, 3.05) is 0 Å². The molecule has 4 heteroatoms. The van der Waals surface area contributed by atoms with Crippen molar-refractivity contribution in [2.45, 2.75) is 18.5 Å². The molecule has 0 spiro atoms. The molecule has 2 heterocycles. The van der Waals surface area contributed by atoms with E-state index in [-0.39, 0.29) is 18.5 Å². The number of fused-ring (bicyclic) bond motifs is 6. The monoisotopic (exact) mass is 656 g/mol. The smallest absolute Gasteiger partial charge is 0.0870 e. The highest BCUT2D eigenvalue weighted by molar-refractivity contribution is 6.21. The lowest BCUT2D eigenvalue weighted by atomic mass is 9.92. The maximum atomic E-state index is 3.92. The van der Waals surface area contributed by atoms with Crippen molar-refractivity contribution in [3.8, 4) is 16.8 Å². The number of hydrogen-bond acceptors (Lipinski definition) is 3. The highest BCUT2D eigenvalue weighted by Crippen LogP contribution is 2.39. The van der Waals surface area contributed by atoms with Gasteiger partial charge in [-0.05, 0) is 85.8 Å². The van der Waals surface area contributed by atoms with Gasteiger partial charge in [0.1, 0.15) is 0 Å². The average molecular weight is 657 g/mol. The van der Waals surface area contributed by atoms with E-state index < -0.39 is 0 Å². The molecule has 8 aromatic carbocycles. The summed E-state index contributed by atoms with van der Waals surface area (Å²) in [5.41, 5.74) is 9.59. The maximum absolute atomic E-state index is 3.92. The molecule has 2 unspecified atom stereocenters. The lowest BCUT2D eigenvalue weighted by molar-refractivity contribution is 0.203. The van der Waals surface area contributed by atoms with E-state index in [1.807, 2.05) is 0 Å². The van der Waals surface area contributed by atoms with Gasteiger partial charge in [-0.1, -0.05) is 146 Å². The largest absolute Gasteiger partial charge is 0.309 e. The summed E-state index contributed by atoms with van der Waals surface area (Å²) < 4.78 is 2.41. The Balaban J connectivity index is 1.11. The van der Waals surface area contributed by atoms with Crippen LogP contribution in [0.5, 0.6) is 0 Å². The average Bonchev–Trinajstić information content (AvgIpc) is 3.56. The zero-order valence-electron chi connectivity index (χ0n) is 28.0. The minimum Gasteiger partial charge on any atom is -0.309 e. The van der Waals surface area contributed by atoms with Crippen molar-refractivity contribution in [3.05, 3.63) is 199 Å². The first kappa shape index (κ1) is 29.8. The van der Waals surface area contributed by atoms with Gasteiger partial charge in [0.2, 0.25) is 0 Å². The number of nitrogens with zero attached hydrogens (tertiary/aromatic N) is 1. The first-order valence-electron chi connectivity index (χ1n) is 17.7. The molecule has 10 rings (SSSR count). The Hall–Kier alpha value is -6.04. The molecule has 0 saturated carbocycles. The molecule has 1 fully saturated rings. The van der Waals surface area contributed by atoms with Crippen molar-refractivity contribution < 1.29 is 0 Å². The third-order valence-electron chi connectivity index (χ3n) is 10.5. The first-order valence-corrected chi connectivity index (χ1v) is 17.7. The van der Waals surface area contributed by atoms with Crippen molar-refractivity contribution in [1.29, 1.82) is 0 Å². The molecule has 3 N–H and O–H groups in total. The molecule has 0 radical (unpaired) electrons. The number of nitrogens with one attached hydrogen (secondary N) is 3. The van der Waals surface area contributed by atoms with E-state index in [0.29, 0.717) is 0 Å². The van der Waals surface area contributed by atoms with E-state index in [1.165, 1.54) is 71.2 Å². The molecule has 51 heavy (non-hydrogen) atoms. The van der Waals surface area contributed by atoms with Crippen LogP contribution in [0, 0.1) is 0 Å². The second-order valence-corrected chi connectivity index (χ2v) is 13.5. The van der Waals surface area contributed by atoms with Gasteiger partial charge < -0.3 is 4.57 Å². The molecule has 1 saturated heterocycles. The summed E-state index contributed by atoms with van der Waals surface area (Å²) in [7, 11) is 0. The molecular weight excluding hydrogens is 621 g/mol. The molecule has 0 amide bonds. The van der Waals surface area contributed by atoms with Crippen LogP contribution in [0.2, 0.25) is 0 Å². The molecule has 0 aliphatic carbocycles. The second-order valence-electron chi connectivity index (χ2n) is 13.5. The highest BCUT2D eigenvalue weighted by atomic mass is 15.4. The number of rotatable bonds is 5. The van der Waals surface area contributed by atoms with Crippen LogP contribution < -0.4 is 16.0 Å². The van der Waals surface area contributed by atoms with Gasteiger partial charge in [0.25, 0.3) is 0 Å². The Labute approximate surface area is 297 Å². The molecular formula is C47H36N4. The van der Waals surface area contributed by atoms with Gasteiger partial charge in [-0.25, -0.2) is 0 Å². The van der Waals surface area contributed by atoms with E-state index in [0.717, 1.165) is 5.69 Å². The number of benzene rings is 8. The summed E-state index contributed by atoms with van der Waals surface area (Å²) in [6.45, 7) is 0. The fraction of sp³-hybridized carbons (Fsp3) is 0.0638. The van der Waals surface area contributed by atoms with Crippen molar-refractivity contribution in [3.63, 3.8) is 0 Å². The lowest BCUT2D eigenvalue weighted by Gasteiger charge is -2.40. The van der Waals surface area contributed by atoms with Crippen molar-refractivity contribution in [1.82, 2.24) is 20.5 Å². The van der Waals surface area contributed by atoms with Crippen LogP contribution in [0.25, 0.3) is 60.2 Å². The van der Waals surface area contributed by atoms with E-state index >= 15 is 0 Å². The van der Waals surface area contributed by atoms with Gasteiger partial charge in [0, 0.05) is 16.5 Å². The molecule has 9 aromatic rings. The Kier molecular flexibility index (Phi) is 7.24. The second kappa shape index (κ2) is 12.4. The zero-order valence-corrected chi connectivity index (χ0v) is 28.0. The van der Waals surface area contributed by atoms with Gasteiger partial charge in [0.15, 0.2) is 0 Å². The molecule has 1 aromatic heterocycles. The van der Waals surface area contributed by atoms with Crippen molar-refractivity contribution >= 4 is 43.4 Å². The molecule has 0 bridgehead atoms. The summed E-state index contributed by atoms with van der Waals surface area (Å²) >= 11 is 0. The number of para-hydroxylation sites is 1. The summed E-state index contributed by atoms with van der Waals surface area (Å²) in [5.74, 6) is 0. The van der Waals surface area contributed by atoms with Crippen molar-refractivity contribution in [2.24, 2.45) is 0 Å². The van der Waals surface area contributed by atoms with Crippen LogP contribution in [-0.2, 0) is 0 Å². The first-order chi connectivity index (χ1) is 25.3. The number of hydrogen-bond donors (Lipinski definition) is 3. The van der Waals surface area contributed by atoms with Crippen LogP contribution in [0.15, 0.2) is 182 Å². The topological polar surface area (TPSA) is 41.0 Å². The summed E-state index contributed by atoms with van der Waals surface area (Å²) in [5, 5.41) is 19.2. The fourth-order valence-electron chi connectivity index (χ4n) is 8.05. The quantitative estimate of drug-likeness (QED) is 0.173. The molecule has 244 valence electrons. The van der Waals surface area contributed by atoms with Gasteiger partial charge >= 0.3 is 0 Å². The minimum atomic E-state index is -0.119. The lowest BCUT2D eigenvalue weighted by Crippen LogP contribution is -2.54. The maximum Gasteiger partial charge on any atom is 0.0870 e. The van der Waals surface area contributed by atoms with E-state index in [4.69, 9.17) is 0 Å². The molecule has 2 atom stereocenters. The minimum absolute atomic E-state index is 0.0456. The third kappa shape index (κ3) is 5.20. The van der Waals surface area contributed by atoms with E-state index in [2.05, 4.69) is 203 Å². The molecule has 1 aliphatic heterocycles. The van der Waals surface area contributed by atoms with E-state index in [9.17, 15) is 0 Å². The van der Waals surface area contributed by atoms with Gasteiger partial charge in [0.05, 0.1) is 29.5 Å². The third-order valence-corrected chi connectivity index (χ3v) is 10.5. The predicted molar refractivity (Wildman–Crippen MR) is 212 cm³/mol. The molecule has 4 nitrogen and oxygen atoms in total. The van der Waals surface area contributed by atoms with E-state index in [1.54, 1.807) is 0 Å². The Bertz CT molecular complexity index is 2630. The van der Waals surface area contributed by atoms with Crippen LogP contribution in [0.4, 0.5) is 0 Å². The standard InChI is InChI=1S/C47H36N4/c1-3-14-33(15-4-1)45-48-46(34-16-5-2-6-17-34)50-47(49-45)41-30-36-19-8-7-18-35(36)29-40(41)32-23-26-37(27-24-32)51-42-22-12-11-21-39(42)44-38-20-10-9-13-31(38)25-28-43(44)51/h1-30,45-50H. The van der Waals surface area contributed by atoms with Gasteiger partial charge in [-0.2, -0.15) is 0 Å². The van der Waals surface area contributed by atoms with Crippen LogP contribution >= 0.6 is 0 Å². The molecule has 1 aliphatic rings. The number of aromatic nitrogens is 1. The van der Waals surface area contributed by atoms with Gasteiger partial charge in [-0.3, -0.25) is 16.0 Å². The highest BCUT2D eigenvalue weighted by Gasteiger charge is 2.31. The summed E-state index contributed by atoms with van der Waals surface area (Å²) in [4.78, 5) is 0. The SMILES string of the molecule is c1ccc(C2NC(c3ccccc3)NC(c3cc4ccccc4cc3-c3ccc(-n4c5ccccc5c5c6ccccc6ccc54)cc3)N2)cc1.